The average molecular weight is 402 g/mol. The van der Waals surface area contributed by atoms with Crippen LogP contribution in [0.25, 0.3) is 0 Å². The number of ether oxygens (including phenoxy) is 1. The van der Waals surface area contributed by atoms with E-state index in [1.165, 1.54) is 0 Å². The van der Waals surface area contributed by atoms with E-state index in [-0.39, 0.29) is 36.4 Å². The highest BCUT2D eigenvalue weighted by molar-refractivity contribution is 6.30. The van der Waals surface area contributed by atoms with Crippen molar-refractivity contribution in [3.63, 3.8) is 0 Å². The van der Waals surface area contributed by atoms with Crippen molar-refractivity contribution in [1.82, 2.24) is 9.80 Å². The maximum absolute atomic E-state index is 12.5. The normalized spacial score (nSPS) is 22.8. The predicted octanol–water partition coefficient (Wildman–Crippen LogP) is 1.48. The molecule has 0 unspecified atom stereocenters. The molecule has 0 aliphatic carbocycles. The zero-order valence-corrected chi connectivity index (χ0v) is 16.2. The van der Waals surface area contributed by atoms with Gasteiger partial charge in [0.1, 0.15) is 6.10 Å². The van der Waals surface area contributed by atoms with E-state index in [1.54, 1.807) is 17.0 Å². The average Bonchev–Trinajstić information content (AvgIpc) is 3.12. The summed E-state index contributed by atoms with van der Waals surface area (Å²) < 4.78 is 5.68. The van der Waals surface area contributed by atoms with Gasteiger partial charge in [-0.15, -0.1) is 12.4 Å². The topological polar surface area (TPSA) is 75.9 Å². The number of hydrogen-bond donors (Lipinski definition) is 1. The van der Waals surface area contributed by atoms with E-state index in [9.17, 15) is 9.59 Å². The first-order valence-corrected chi connectivity index (χ1v) is 9.11. The van der Waals surface area contributed by atoms with E-state index < -0.39 is 0 Å². The highest BCUT2D eigenvalue weighted by Gasteiger charge is 2.34. The number of rotatable bonds is 4. The fourth-order valence-electron chi connectivity index (χ4n) is 3.33. The van der Waals surface area contributed by atoms with Crippen LogP contribution in [-0.4, -0.2) is 66.5 Å². The number of piperazine rings is 1. The number of nitrogens with two attached hydrogens (primary N) is 1. The Kier molecular flexibility index (Phi) is 7.70. The molecule has 0 radical (unpaired) electrons. The van der Waals surface area contributed by atoms with E-state index in [4.69, 9.17) is 22.1 Å². The van der Waals surface area contributed by atoms with Gasteiger partial charge in [-0.2, -0.15) is 0 Å². The largest absolute Gasteiger partial charge is 0.364 e. The summed E-state index contributed by atoms with van der Waals surface area (Å²) in [6.07, 6.45) is 1.55. The first-order chi connectivity index (χ1) is 12.1. The second kappa shape index (κ2) is 9.55. The van der Waals surface area contributed by atoms with Crippen LogP contribution < -0.4 is 5.73 Å². The Bertz CT molecular complexity index is 619. The molecule has 0 saturated carbocycles. The SMILES string of the molecule is Cl.NC[C@H]1CC[C@@H](C(=O)N2CCN(C(=O)Cc3ccc(Cl)cc3)CC2)O1. The molecule has 6 nitrogen and oxygen atoms in total. The van der Waals surface area contributed by atoms with Crippen LogP contribution in [-0.2, 0) is 20.7 Å². The molecule has 144 valence electrons. The van der Waals surface area contributed by atoms with Crippen LogP contribution >= 0.6 is 24.0 Å². The maximum atomic E-state index is 12.5. The van der Waals surface area contributed by atoms with Crippen molar-refractivity contribution in [3.8, 4) is 0 Å². The molecule has 1 aromatic carbocycles. The number of carbonyl (C=O) groups excluding carboxylic acids is 2. The number of nitrogens with zero attached hydrogens (tertiary/aromatic N) is 2. The van der Waals surface area contributed by atoms with Crippen molar-refractivity contribution in [2.75, 3.05) is 32.7 Å². The van der Waals surface area contributed by atoms with Gasteiger partial charge < -0.3 is 20.3 Å². The minimum Gasteiger partial charge on any atom is -0.364 e. The van der Waals surface area contributed by atoms with Crippen LogP contribution in [0, 0.1) is 0 Å². The van der Waals surface area contributed by atoms with Gasteiger partial charge in [0.25, 0.3) is 5.91 Å². The molecule has 1 aromatic rings. The van der Waals surface area contributed by atoms with E-state index in [0.717, 1.165) is 18.4 Å². The second-order valence-corrected chi connectivity index (χ2v) is 7.01. The van der Waals surface area contributed by atoms with E-state index >= 15 is 0 Å². The second-order valence-electron chi connectivity index (χ2n) is 6.57. The quantitative estimate of drug-likeness (QED) is 0.828. The molecule has 0 bridgehead atoms. The van der Waals surface area contributed by atoms with Crippen LogP contribution in [0.2, 0.25) is 5.02 Å². The summed E-state index contributed by atoms with van der Waals surface area (Å²) in [5, 5.41) is 0.661. The summed E-state index contributed by atoms with van der Waals surface area (Å²) in [7, 11) is 0. The lowest BCUT2D eigenvalue weighted by Gasteiger charge is -2.36. The van der Waals surface area contributed by atoms with Gasteiger partial charge in [0.15, 0.2) is 0 Å². The Morgan fingerprint density at radius 3 is 2.27 bits per heavy atom. The zero-order valence-electron chi connectivity index (χ0n) is 14.6. The van der Waals surface area contributed by atoms with Gasteiger partial charge in [-0.05, 0) is 30.5 Å². The van der Waals surface area contributed by atoms with Crippen molar-refractivity contribution >= 4 is 35.8 Å². The maximum Gasteiger partial charge on any atom is 0.251 e. The van der Waals surface area contributed by atoms with Crippen molar-refractivity contribution in [1.29, 1.82) is 0 Å². The van der Waals surface area contributed by atoms with Crippen molar-refractivity contribution in [2.45, 2.75) is 31.5 Å². The zero-order chi connectivity index (χ0) is 17.8. The molecule has 26 heavy (non-hydrogen) atoms. The molecule has 2 atom stereocenters. The molecule has 0 aromatic heterocycles. The minimum absolute atomic E-state index is 0. The Balaban J connectivity index is 0.00000243. The summed E-state index contributed by atoms with van der Waals surface area (Å²) >= 11 is 5.86. The highest BCUT2D eigenvalue weighted by atomic mass is 35.5. The van der Waals surface area contributed by atoms with Gasteiger partial charge in [-0.3, -0.25) is 9.59 Å². The fourth-order valence-corrected chi connectivity index (χ4v) is 3.46. The third-order valence-electron chi connectivity index (χ3n) is 4.86. The lowest BCUT2D eigenvalue weighted by Crippen LogP contribution is -2.53. The number of halogens is 2. The van der Waals surface area contributed by atoms with Gasteiger partial charge in [0, 0.05) is 37.7 Å². The predicted molar refractivity (Wildman–Crippen MR) is 103 cm³/mol. The molecule has 3 rings (SSSR count). The van der Waals surface area contributed by atoms with Gasteiger partial charge in [0.05, 0.1) is 12.5 Å². The number of benzene rings is 1. The van der Waals surface area contributed by atoms with Crippen molar-refractivity contribution < 1.29 is 14.3 Å². The van der Waals surface area contributed by atoms with E-state index in [2.05, 4.69) is 0 Å². The molecule has 2 fully saturated rings. The molecule has 2 amide bonds. The summed E-state index contributed by atoms with van der Waals surface area (Å²) in [4.78, 5) is 28.5. The molecule has 2 N–H and O–H groups in total. The van der Waals surface area contributed by atoms with Gasteiger partial charge in [0.2, 0.25) is 5.91 Å². The minimum atomic E-state index is -0.370. The smallest absolute Gasteiger partial charge is 0.251 e. The Labute approximate surface area is 165 Å². The molecular weight excluding hydrogens is 377 g/mol. The molecule has 2 saturated heterocycles. The monoisotopic (exact) mass is 401 g/mol. The molecule has 0 spiro atoms. The number of amides is 2. The summed E-state index contributed by atoms with van der Waals surface area (Å²) in [6, 6.07) is 7.31. The lowest BCUT2D eigenvalue weighted by molar-refractivity contribution is -0.147. The third-order valence-corrected chi connectivity index (χ3v) is 5.11. The molecule has 8 heteroatoms. The van der Waals surface area contributed by atoms with Crippen LogP contribution in [0.15, 0.2) is 24.3 Å². The van der Waals surface area contributed by atoms with Gasteiger partial charge >= 0.3 is 0 Å². The summed E-state index contributed by atoms with van der Waals surface area (Å²) in [5.41, 5.74) is 6.54. The van der Waals surface area contributed by atoms with E-state index in [0.29, 0.717) is 44.2 Å². The first kappa shape index (κ1) is 21.0. The lowest BCUT2D eigenvalue weighted by atomic mass is 10.1. The third kappa shape index (κ3) is 5.10. The van der Waals surface area contributed by atoms with Crippen LogP contribution in [0.5, 0.6) is 0 Å². The number of carbonyl (C=O) groups is 2. The van der Waals surface area contributed by atoms with Gasteiger partial charge in [-0.1, -0.05) is 23.7 Å². The standard InChI is InChI=1S/C18H24ClN3O3.ClH/c19-14-3-1-13(2-4-14)11-17(23)21-7-9-22(10-8-21)18(24)16-6-5-15(12-20)25-16;/h1-4,15-16H,5-12,20H2;1H/t15-,16+;/m1./s1. The van der Waals surface area contributed by atoms with Crippen LogP contribution in [0.1, 0.15) is 18.4 Å². The fraction of sp³-hybridized carbons (Fsp3) is 0.556. The van der Waals surface area contributed by atoms with Crippen LogP contribution in [0.4, 0.5) is 0 Å². The Hall–Kier alpha value is -1.34. The molecule has 2 heterocycles. The Morgan fingerprint density at radius 2 is 1.69 bits per heavy atom. The molecule has 2 aliphatic heterocycles. The molecule has 2 aliphatic rings. The summed E-state index contributed by atoms with van der Waals surface area (Å²) in [5.74, 6) is 0.107. The van der Waals surface area contributed by atoms with Crippen LogP contribution in [0.3, 0.4) is 0 Å². The first-order valence-electron chi connectivity index (χ1n) is 8.73. The summed E-state index contributed by atoms with van der Waals surface area (Å²) in [6.45, 7) is 2.68. The number of hydrogen-bond acceptors (Lipinski definition) is 4. The van der Waals surface area contributed by atoms with Gasteiger partial charge in [-0.25, -0.2) is 0 Å². The molecular formula is C18H25Cl2N3O3. The van der Waals surface area contributed by atoms with Crippen molar-refractivity contribution in [2.24, 2.45) is 5.73 Å². The van der Waals surface area contributed by atoms with Crippen molar-refractivity contribution in [3.05, 3.63) is 34.9 Å². The highest BCUT2D eigenvalue weighted by Crippen LogP contribution is 2.21. The Morgan fingerprint density at radius 1 is 1.08 bits per heavy atom. The van der Waals surface area contributed by atoms with E-state index in [1.807, 2.05) is 17.0 Å².